The number of amides is 2. The highest BCUT2D eigenvalue weighted by molar-refractivity contribution is 14.1. The second kappa shape index (κ2) is 5.31. The van der Waals surface area contributed by atoms with E-state index >= 15 is 0 Å². The lowest BCUT2D eigenvalue weighted by atomic mass is 10.2. The number of phenols is 1. The Kier molecular flexibility index (Phi) is 4.33. The second-order valence-corrected chi connectivity index (χ2v) is 4.64. The number of primary amides is 1. The Morgan fingerprint density at radius 3 is 2.93 bits per heavy atom. The van der Waals surface area contributed by atoms with Crippen molar-refractivity contribution < 1.29 is 9.90 Å². The topological polar surface area (TPSA) is 87.7 Å². The summed E-state index contributed by atoms with van der Waals surface area (Å²) >= 11 is 5.27. The average molecular weight is 384 g/mol. The number of nitrogens with two attached hydrogens (primary N) is 1. The molecule has 80 valence electrons. The highest BCUT2D eigenvalue weighted by atomic mass is 127. The van der Waals surface area contributed by atoms with Crippen LogP contribution in [0.5, 0.6) is 5.75 Å². The Balaban J connectivity index is 2.94. The summed E-state index contributed by atoms with van der Waals surface area (Å²) in [7, 11) is 0. The minimum Gasteiger partial charge on any atom is -0.506 e. The first-order valence-corrected chi connectivity index (χ1v) is 5.64. The van der Waals surface area contributed by atoms with E-state index in [0.717, 1.165) is 4.47 Å². The Morgan fingerprint density at radius 1 is 1.67 bits per heavy atom. The van der Waals surface area contributed by atoms with Gasteiger partial charge in [-0.15, -0.1) is 0 Å². The number of benzene rings is 1. The van der Waals surface area contributed by atoms with E-state index in [1.54, 1.807) is 12.1 Å². The number of nitrogens with one attached hydrogen (secondary N) is 1. The first kappa shape index (κ1) is 12.2. The Labute approximate surface area is 108 Å². The number of hydrogen-bond donors (Lipinski definition) is 3. The van der Waals surface area contributed by atoms with Crippen molar-refractivity contribution in [3.8, 4) is 5.75 Å². The molecule has 1 aromatic carbocycles. The highest BCUT2D eigenvalue weighted by Gasteiger charge is 2.04. The normalized spacial score (nSPS) is 10.5. The number of aromatic hydroxyl groups is 1. The number of halogens is 2. The molecule has 0 unspecified atom stereocenters. The molecule has 0 aliphatic heterocycles. The molecular formula is C8H7BrIN3O2. The fourth-order valence-corrected chi connectivity index (χ4v) is 2.40. The van der Waals surface area contributed by atoms with Gasteiger partial charge in [0.1, 0.15) is 5.75 Å². The fourth-order valence-electron chi connectivity index (χ4n) is 0.850. The van der Waals surface area contributed by atoms with Crippen LogP contribution in [0.25, 0.3) is 0 Å². The lowest BCUT2D eigenvalue weighted by molar-refractivity contribution is 0.249. The zero-order valence-corrected chi connectivity index (χ0v) is 11.1. The molecule has 0 fully saturated rings. The van der Waals surface area contributed by atoms with E-state index in [1.165, 1.54) is 6.21 Å². The van der Waals surface area contributed by atoms with Crippen molar-refractivity contribution >= 4 is 50.8 Å². The molecule has 0 aliphatic rings. The van der Waals surface area contributed by atoms with Gasteiger partial charge in [0.2, 0.25) is 0 Å². The summed E-state index contributed by atoms with van der Waals surface area (Å²) in [6, 6.07) is 2.67. The predicted octanol–water partition coefficient (Wildman–Crippen LogP) is 1.76. The van der Waals surface area contributed by atoms with E-state index in [-0.39, 0.29) is 5.75 Å². The van der Waals surface area contributed by atoms with Crippen molar-refractivity contribution in [2.24, 2.45) is 10.8 Å². The molecule has 0 aliphatic carbocycles. The van der Waals surface area contributed by atoms with Crippen LogP contribution >= 0.6 is 38.5 Å². The van der Waals surface area contributed by atoms with Gasteiger partial charge in [-0.3, -0.25) is 0 Å². The molecule has 1 aromatic rings. The van der Waals surface area contributed by atoms with Crippen LogP contribution in [-0.4, -0.2) is 17.4 Å². The monoisotopic (exact) mass is 383 g/mol. The molecule has 7 heteroatoms. The van der Waals surface area contributed by atoms with E-state index in [4.69, 9.17) is 5.73 Å². The molecule has 15 heavy (non-hydrogen) atoms. The molecule has 0 aromatic heterocycles. The number of hydrazone groups is 1. The lowest BCUT2D eigenvalue weighted by Gasteiger charge is -2.02. The highest BCUT2D eigenvalue weighted by Crippen LogP contribution is 2.27. The van der Waals surface area contributed by atoms with Crippen LogP contribution in [0, 0.1) is 3.57 Å². The maximum Gasteiger partial charge on any atom is 0.332 e. The van der Waals surface area contributed by atoms with Gasteiger partial charge in [0, 0.05) is 10.0 Å². The molecular weight excluding hydrogens is 377 g/mol. The van der Waals surface area contributed by atoms with Crippen LogP contribution in [0.4, 0.5) is 4.79 Å². The molecule has 0 radical (unpaired) electrons. The van der Waals surface area contributed by atoms with Crippen LogP contribution in [0.3, 0.4) is 0 Å². The van der Waals surface area contributed by atoms with Gasteiger partial charge >= 0.3 is 6.03 Å². The van der Waals surface area contributed by atoms with E-state index in [2.05, 4.69) is 21.0 Å². The SMILES string of the molecule is NC(=O)N/N=C\c1cc(Br)cc(I)c1O. The molecule has 4 N–H and O–H groups in total. The summed E-state index contributed by atoms with van der Waals surface area (Å²) in [5, 5.41) is 13.2. The Hall–Kier alpha value is -0.830. The number of hydrogen-bond acceptors (Lipinski definition) is 3. The van der Waals surface area contributed by atoms with Gasteiger partial charge in [-0.2, -0.15) is 5.10 Å². The van der Waals surface area contributed by atoms with Gasteiger partial charge in [0.25, 0.3) is 0 Å². The zero-order chi connectivity index (χ0) is 11.4. The molecule has 0 heterocycles. The van der Waals surface area contributed by atoms with Crippen molar-refractivity contribution in [3.63, 3.8) is 0 Å². The summed E-state index contributed by atoms with van der Waals surface area (Å²) in [6.45, 7) is 0. The third-order valence-corrected chi connectivity index (χ3v) is 2.72. The van der Waals surface area contributed by atoms with E-state index in [9.17, 15) is 9.90 Å². The van der Waals surface area contributed by atoms with Gasteiger partial charge < -0.3 is 10.8 Å². The van der Waals surface area contributed by atoms with Crippen molar-refractivity contribution in [1.82, 2.24) is 5.43 Å². The van der Waals surface area contributed by atoms with E-state index < -0.39 is 6.03 Å². The number of nitrogens with zero attached hydrogens (tertiary/aromatic N) is 1. The maximum atomic E-state index is 10.3. The molecule has 0 spiro atoms. The quantitative estimate of drug-likeness (QED) is 0.413. The Morgan fingerprint density at radius 2 is 2.33 bits per heavy atom. The van der Waals surface area contributed by atoms with Gasteiger partial charge in [-0.05, 0) is 34.7 Å². The van der Waals surface area contributed by atoms with Gasteiger partial charge in [-0.1, -0.05) is 15.9 Å². The third kappa shape index (κ3) is 3.67. The Bertz CT molecular complexity index is 423. The average Bonchev–Trinajstić information content (AvgIpc) is 2.12. The second-order valence-electron chi connectivity index (χ2n) is 2.56. The predicted molar refractivity (Wildman–Crippen MR) is 68.8 cm³/mol. The fraction of sp³-hybridized carbons (Fsp3) is 0. The van der Waals surface area contributed by atoms with Crippen molar-refractivity contribution in [3.05, 3.63) is 25.7 Å². The molecule has 0 saturated heterocycles. The molecule has 2 amide bonds. The summed E-state index contributed by atoms with van der Waals surface area (Å²) in [4.78, 5) is 10.3. The van der Waals surface area contributed by atoms with Gasteiger partial charge in [0.15, 0.2) is 0 Å². The summed E-state index contributed by atoms with van der Waals surface area (Å²) in [5.41, 5.74) is 7.35. The van der Waals surface area contributed by atoms with Crippen LogP contribution in [0.2, 0.25) is 0 Å². The van der Waals surface area contributed by atoms with Crippen LogP contribution < -0.4 is 11.2 Å². The van der Waals surface area contributed by atoms with Gasteiger partial charge in [0.05, 0.1) is 9.78 Å². The molecule has 1 rings (SSSR count). The molecule has 5 nitrogen and oxygen atoms in total. The van der Waals surface area contributed by atoms with Crippen molar-refractivity contribution in [2.75, 3.05) is 0 Å². The number of phenolic OH excluding ortho intramolecular Hbond substituents is 1. The standard InChI is InChI=1S/C8H7BrIN3O2/c9-5-1-4(3-12-13-8(11)15)7(14)6(10)2-5/h1-3,14H,(H3,11,13,15)/b12-3-. The number of carbonyl (C=O) groups excluding carboxylic acids is 1. The summed E-state index contributed by atoms with van der Waals surface area (Å²) in [5.74, 6) is 0.105. The van der Waals surface area contributed by atoms with Crippen LogP contribution in [0.15, 0.2) is 21.7 Å². The minimum absolute atomic E-state index is 0.105. The van der Waals surface area contributed by atoms with Crippen molar-refractivity contribution in [2.45, 2.75) is 0 Å². The number of carbonyl (C=O) groups is 1. The molecule has 0 bridgehead atoms. The van der Waals surface area contributed by atoms with Crippen LogP contribution in [-0.2, 0) is 0 Å². The van der Waals surface area contributed by atoms with Crippen LogP contribution in [0.1, 0.15) is 5.56 Å². The van der Waals surface area contributed by atoms with E-state index in [0.29, 0.717) is 9.13 Å². The van der Waals surface area contributed by atoms with Crippen molar-refractivity contribution in [1.29, 1.82) is 0 Å². The molecule has 0 saturated carbocycles. The smallest absolute Gasteiger partial charge is 0.332 e. The third-order valence-electron chi connectivity index (χ3n) is 1.44. The number of urea groups is 1. The first-order valence-electron chi connectivity index (χ1n) is 3.77. The molecule has 0 atom stereocenters. The largest absolute Gasteiger partial charge is 0.506 e. The lowest BCUT2D eigenvalue weighted by Crippen LogP contribution is -2.24. The zero-order valence-electron chi connectivity index (χ0n) is 7.37. The summed E-state index contributed by atoms with van der Waals surface area (Å²) in [6.07, 6.45) is 1.31. The van der Waals surface area contributed by atoms with Gasteiger partial charge in [-0.25, -0.2) is 10.2 Å². The first-order chi connectivity index (χ1) is 7.00. The number of rotatable bonds is 2. The minimum atomic E-state index is -0.754. The maximum absolute atomic E-state index is 10.3. The van der Waals surface area contributed by atoms with E-state index in [1.807, 2.05) is 28.0 Å². The summed E-state index contributed by atoms with van der Waals surface area (Å²) < 4.78 is 1.49.